The molecule has 2 heterocycles. The lowest BCUT2D eigenvalue weighted by Gasteiger charge is -2.31. The molecule has 1 N–H and O–H groups in total. The fourth-order valence-electron chi connectivity index (χ4n) is 2.72. The summed E-state index contributed by atoms with van der Waals surface area (Å²) >= 11 is 0. The van der Waals surface area contributed by atoms with Crippen molar-refractivity contribution >= 4 is 11.8 Å². The Morgan fingerprint density at radius 3 is 3.00 bits per heavy atom. The second-order valence-electron chi connectivity index (χ2n) is 6.40. The molecule has 0 radical (unpaired) electrons. The summed E-state index contributed by atoms with van der Waals surface area (Å²) in [5.41, 5.74) is 0.845. The van der Waals surface area contributed by atoms with Crippen LogP contribution in [0.1, 0.15) is 38.8 Å². The summed E-state index contributed by atoms with van der Waals surface area (Å²) in [5.74, 6) is -0.0227. The Balaban J connectivity index is 1.77. The first-order chi connectivity index (χ1) is 11.6. The molecule has 0 saturated carbocycles. The Hall–Kier alpha value is -1.95. The van der Waals surface area contributed by atoms with Gasteiger partial charge in [-0.1, -0.05) is 6.07 Å². The van der Waals surface area contributed by atoms with Crippen molar-refractivity contribution in [2.24, 2.45) is 5.92 Å². The maximum absolute atomic E-state index is 12.3. The predicted molar refractivity (Wildman–Crippen MR) is 91.1 cm³/mol. The van der Waals surface area contributed by atoms with Crippen LogP contribution >= 0.6 is 0 Å². The molecule has 0 aromatic carbocycles. The van der Waals surface area contributed by atoms with Gasteiger partial charge in [0.1, 0.15) is 0 Å². The summed E-state index contributed by atoms with van der Waals surface area (Å²) in [6.45, 7) is 6.17. The van der Waals surface area contributed by atoms with E-state index in [-0.39, 0.29) is 23.8 Å². The molecule has 6 nitrogen and oxygen atoms in total. The molecule has 24 heavy (non-hydrogen) atoms. The normalized spacial score (nSPS) is 18.0. The van der Waals surface area contributed by atoms with Gasteiger partial charge in [-0.2, -0.15) is 0 Å². The van der Waals surface area contributed by atoms with Crippen molar-refractivity contribution in [1.82, 2.24) is 15.2 Å². The van der Waals surface area contributed by atoms with Crippen LogP contribution in [0.3, 0.4) is 0 Å². The number of likely N-dealkylation sites (tertiary alicyclic amines) is 1. The fourth-order valence-corrected chi connectivity index (χ4v) is 2.72. The number of amides is 2. The Labute approximate surface area is 143 Å². The Kier molecular flexibility index (Phi) is 7.18. The molecule has 1 fully saturated rings. The van der Waals surface area contributed by atoms with Crippen LogP contribution < -0.4 is 5.32 Å². The van der Waals surface area contributed by atoms with Crippen molar-refractivity contribution < 1.29 is 14.3 Å². The van der Waals surface area contributed by atoms with Gasteiger partial charge in [0.15, 0.2) is 0 Å². The van der Waals surface area contributed by atoms with Crippen LogP contribution in [-0.2, 0) is 20.9 Å². The third-order valence-electron chi connectivity index (χ3n) is 4.02. The molecule has 1 aliphatic rings. The summed E-state index contributed by atoms with van der Waals surface area (Å²) in [5, 5.41) is 2.95. The van der Waals surface area contributed by atoms with Crippen LogP contribution in [0.25, 0.3) is 0 Å². The summed E-state index contributed by atoms with van der Waals surface area (Å²) in [6.07, 6.45) is 3.76. The summed E-state index contributed by atoms with van der Waals surface area (Å²) in [6, 6.07) is 5.65. The van der Waals surface area contributed by atoms with E-state index < -0.39 is 0 Å². The van der Waals surface area contributed by atoms with Crippen LogP contribution in [0.2, 0.25) is 0 Å². The Morgan fingerprint density at radius 1 is 1.46 bits per heavy atom. The first-order valence-corrected chi connectivity index (χ1v) is 8.63. The highest BCUT2D eigenvalue weighted by Gasteiger charge is 2.30. The lowest BCUT2D eigenvalue weighted by Crippen LogP contribution is -2.45. The predicted octanol–water partition coefficient (Wildman–Crippen LogP) is 1.75. The highest BCUT2D eigenvalue weighted by atomic mass is 16.5. The lowest BCUT2D eigenvalue weighted by molar-refractivity contribution is -0.139. The number of piperidine rings is 1. The van der Waals surface area contributed by atoms with Crippen molar-refractivity contribution in [2.45, 2.75) is 45.8 Å². The molecule has 1 saturated heterocycles. The molecule has 1 aromatic heterocycles. The molecular weight excluding hydrogens is 306 g/mol. The fraction of sp³-hybridized carbons (Fsp3) is 0.611. The van der Waals surface area contributed by atoms with Crippen LogP contribution in [0.15, 0.2) is 24.4 Å². The van der Waals surface area contributed by atoms with E-state index in [2.05, 4.69) is 10.3 Å². The number of nitrogens with one attached hydrogen (secondary N) is 1. The zero-order chi connectivity index (χ0) is 17.4. The van der Waals surface area contributed by atoms with Gasteiger partial charge in [-0.05, 0) is 38.8 Å². The number of pyridine rings is 1. The zero-order valence-corrected chi connectivity index (χ0v) is 14.5. The maximum Gasteiger partial charge on any atom is 0.224 e. The molecule has 0 unspecified atom stereocenters. The van der Waals surface area contributed by atoms with Crippen LogP contribution in [0, 0.1) is 5.92 Å². The molecule has 1 aliphatic heterocycles. The van der Waals surface area contributed by atoms with Gasteiger partial charge in [-0.25, -0.2) is 0 Å². The van der Waals surface area contributed by atoms with Crippen molar-refractivity contribution in [3.05, 3.63) is 30.1 Å². The van der Waals surface area contributed by atoms with Gasteiger partial charge in [0.2, 0.25) is 11.8 Å². The summed E-state index contributed by atoms with van der Waals surface area (Å²) in [4.78, 5) is 30.4. The summed E-state index contributed by atoms with van der Waals surface area (Å²) in [7, 11) is 0. The third kappa shape index (κ3) is 5.92. The minimum absolute atomic E-state index is 0.0260. The molecule has 1 atom stereocenters. The Bertz CT molecular complexity index is 534. The lowest BCUT2D eigenvalue weighted by atomic mass is 9.96. The van der Waals surface area contributed by atoms with Crippen LogP contribution in [-0.4, -0.2) is 47.5 Å². The largest absolute Gasteiger partial charge is 0.379 e. The molecular formula is C18H27N3O3. The third-order valence-corrected chi connectivity index (χ3v) is 4.02. The first-order valence-electron chi connectivity index (χ1n) is 8.63. The zero-order valence-electron chi connectivity index (χ0n) is 14.5. The molecule has 0 spiro atoms. The van der Waals surface area contributed by atoms with E-state index in [1.807, 2.05) is 32.0 Å². The monoisotopic (exact) mass is 333 g/mol. The highest BCUT2D eigenvalue weighted by Crippen LogP contribution is 2.19. The van der Waals surface area contributed by atoms with E-state index in [0.29, 0.717) is 39.1 Å². The second kappa shape index (κ2) is 9.37. The van der Waals surface area contributed by atoms with Crippen molar-refractivity contribution in [3.8, 4) is 0 Å². The standard InChI is InChI=1S/C18H27N3O3/c1-14(2)24-11-5-10-20-18(23)15-7-8-17(22)21(12-15)13-16-6-3-4-9-19-16/h3-4,6,9,14-15H,5,7-8,10-13H2,1-2H3,(H,20,23)/t15-/m0/s1. The minimum atomic E-state index is -0.141. The van der Waals surface area contributed by atoms with Gasteiger partial charge in [0.05, 0.1) is 24.3 Å². The average Bonchev–Trinajstić information content (AvgIpc) is 2.57. The van der Waals surface area contributed by atoms with E-state index in [1.165, 1.54) is 0 Å². The molecule has 0 bridgehead atoms. The minimum Gasteiger partial charge on any atom is -0.379 e. The van der Waals surface area contributed by atoms with Gasteiger partial charge >= 0.3 is 0 Å². The smallest absolute Gasteiger partial charge is 0.224 e. The number of carbonyl (C=O) groups is 2. The quantitative estimate of drug-likeness (QED) is 0.736. The van der Waals surface area contributed by atoms with Gasteiger partial charge in [-0.15, -0.1) is 0 Å². The first kappa shape index (κ1) is 18.4. The number of ether oxygens (including phenoxy) is 1. The second-order valence-corrected chi connectivity index (χ2v) is 6.40. The Morgan fingerprint density at radius 2 is 2.29 bits per heavy atom. The van der Waals surface area contributed by atoms with E-state index in [1.54, 1.807) is 11.1 Å². The highest BCUT2D eigenvalue weighted by molar-refractivity contribution is 5.83. The van der Waals surface area contributed by atoms with E-state index >= 15 is 0 Å². The van der Waals surface area contributed by atoms with Crippen LogP contribution in [0.4, 0.5) is 0 Å². The van der Waals surface area contributed by atoms with Gasteiger partial charge in [0, 0.05) is 32.3 Å². The topological polar surface area (TPSA) is 71.5 Å². The number of hydrogen-bond acceptors (Lipinski definition) is 4. The number of rotatable bonds is 8. The van der Waals surface area contributed by atoms with Crippen molar-refractivity contribution in [3.63, 3.8) is 0 Å². The number of carbonyl (C=O) groups excluding carboxylic acids is 2. The van der Waals surface area contributed by atoms with E-state index in [9.17, 15) is 9.59 Å². The number of aromatic nitrogens is 1. The molecule has 2 rings (SSSR count). The molecule has 1 aromatic rings. The van der Waals surface area contributed by atoms with Crippen molar-refractivity contribution in [2.75, 3.05) is 19.7 Å². The molecule has 0 aliphatic carbocycles. The van der Waals surface area contributed by atoms with Gasteiger partial charge < -0.3 is 15.0 Å². The van der Waals surface area contributed by atoms with E-state index in [4.69, 9.17) is 4.74 Å². The van der Waals surface area contributed by atoms with E-state index in [0.717, 1.165) is 12.1 Å². The van der Waals surface area contributed by atoms with Gasteiger partial charge in [0.25, 0.3) is 0 Å². The molecule has 132 valence electrons. The average molecular weight is 333 g/mol. The molecule has 6 heteroatoms. The summed E-state index contributed by atoms with van der Waals surface area (Å²) < 4.78 is 5.46. The SMILES string of the molecule is CC(C)OCCCNC(=O)[C@H]1CCC(=O)N(Cc2ccccn2)C1. The maximum atomic E-state index is 12.3. The molecule has 2 amide bonds. The van der Waals surface area contributed by atoms with Crippen molar-refractivity contribution in [1.29, 1.82) is 0 Å². The van der Waals surface area contributed by atoms with Crippen LogP contribution in [0.5, 0.6) is 0 Å². The number of hydrogen-bond donors (Lipinski definition) is 1. The number of nitrogens with zero attached hydrogens (tertiary/aromatic N) is 2. The van der Waals surface area contributed by atoms with Gasteiger partial charge in [-0.3, -0.25) is 14.6 Å².